The number of ether oxygens (including phenoxy) is 3. The Morgan fingerprint density at radius 3 is 2.33 bits per heavy atom. The van der Waals surface area contributed by atoms with E-state index in [0.29, 0.717) is 23.8 Å². The van der Waals surface area contributed by atoms with Crippen molar-refractivity contribution in [1.82, 2.24) is 4.57 Å². The molecule has 2 heterocycles. The molecule has 0 amide bonds. The molecule has 0 spiro atoms. The number of aromatic carboxylic acids is 1. The minimum Gasteiger partial charge on any atom is -0.543 e. The van der Waals surface area contributed by atoms with Gasteiger partial charge in [0.2, 0.25) is 5.75 Å². The highest BCUT2D eigenvalue weighted by atomic mass is 32.1. The summed E-state index contributed by atoms with van der Waals surface area (Å²) in [7, 11) is 4.62. The van der Waals surface area contributed by atoms with Crippen LogP contribution in [-0.2, 0) is 6.54 Å². The van der Waals surface area contributed by atoms with Gasteiger partial charge in [0.05, 0.1) is 43.2 Å². The molecule has 0 fully saturated rings. The van der Waals surface area contributed by atoms with Crippen LogP contribution in [0.15, 0.2) is 29.6 Å². The van der Waals surface area contributed by atoms with Crippen molar-refractivity contribution in [2.24, 2.45) is 0 Å². The zero-order valence-corrected chi connectivity index (χ0v) is 14.3. The number of carbonyl (C=O) groups is 1. The van der Waals surface area contributed by atoms with Crippen LogP contribution in [0.1, 0.15) is 16.1 Å². The van der Waals surface area contributed by atoms with Gasteiger partial charge in [-0.1, -0.05) is 0 Å². The number of rotatable bonds is 6. The van der Waals surface area contributed by atoms with Gasteiger partial charge in [-0.2, -0.15) is 0 Å². The number of fused-ring (bicyclic) bond motifs is 1. The molecule has 24 heavy (non-hydrogen) atoms. The fourth-order valence-electron chi connectivity index (χ4n) is 2.73. The summed E-state index contributed by atoms with van der Waals surface area (Å²) in [5, 5.41) is 13.4. The lowest BCUT2D eigenvalue weighted by Crippen LogP contribution is -2.25. The maximum absolute atomic E-state index is 11.4. The molecule has 6 nitrogen and oxygen atoms in total. The molecule has 2 aromatic heterocycles. The highest BCUT2D eigenvalue weighted by Crippen LogP contribution is 2.38. The number of hydrogen-bond acceptors (Lipinski definition) is 6. The summed E-state index contributed by atoms with van der Waals surface area (Å²) in [6.07, 6.45) is 0. The largest absolute Gasteiger partial charge is 0.543 e. The topological polar surface area (TPSA) is 72.8 Å². The number of aromatic nitrogens is 1. The number of benzene rings is 1. The van der Waals surface area contributed by atoms with Crippen molar-refractivity contribution in [2.75, 3.05) is 21.3 Å². The fraction of sp³-hybridized carbons (Fsp3) is 0.235. The Labute approximate surface area is 142 Å². The van der Waals surface area contributed by atoms with E-state index in [1.54, 1.807) is 37.0 Å². The van der Waals surface area contributed by atoms with E-state index in [0.717, 1.165) is 15.8 Å². The van der Waals surface area contributed by atoms with Crippen LogP contribution < -0.4 is 19.3 Å². The Kier molecular flexibility index (Phi) is 4.35. The Morgan fingerprint density at radius 2 is 1.79 bits per heavy atom. The number of methoxy groups -OCH3 is 3. The summed E-state index contributed by atoms with van der Waals surface area (Å²) in [6, 6.07) is 7.13. The first-order valence-corrected chi connectivity index (χ1v) is 8.04. The number of nitrogens with zero attached hydrogens (tertiary/aromatic N) is 1. The van der Waals surface area contributed by atoms with Gasteiger partial charge >= 0.3 is 0 Å². The minimum atomic E-state index is -1.20. The fourth-order valence-corrected chi connectivity index (χ4v) is 3.55. The smallest absolute Gasteiger partial charge is 0.203 e. The third-order valence-electron chi connectivity index (χ3n) is 3.80. The molecule has 0 unspecified atom stereocenters. The number of carbonyl (C=O) groups excluding carboxylic acids is 1. The van der Waals surface area contributed by atoms with Crippen LogP contribution in [0.2, 0.25) is 0 Å². The maximum atomic E-state index is 11.4. The van der Waals surface area contributed by atoms with Crippen molar-refractivity contribution < 1.29 is 24.1 Å². The van der Waals surface area contributed by atoms with Gasteiger partial charge in [-0.3, -0.25) is 0 Å². The predicted octanol–water partition coefficient (Wildman–Crippen LogP) is 2.14. The number of thiophene rings is 1. The van der Waals surface area contributed by atoms with E-state index in [4.69, 9.17) is 14.2 Å². The van der Waals surface area contributed by atoms with E-state index in [2.05, 4.69) is 0 Å². The van der Waals surface area contributed by atoms with Gasteiger partial charge in [0.1, 0.15) is 0 Å². The molecular weight excluding hydrogens is 330 g/mol. The van der Waals surface area contributed by atoms with Crippen LogP contribution in [-0.4, -0.2) is 31.9 Å². The standard InChI is InChI=1S/C17H17NO5S/c1-21-13-6-10(7-14(22-2)16(13)23-3)9-18-11-4-5-24-15(11)8-12(18)17(19)20/h4-8H,9H2,1-3H3,(H,19,20)/p-1. The third kappa shape index (κ3) is 2.67. The van der Waals surface area contributed by atoms with Crippen molar-refractivity contribution in [2.45, 2.75) is 6.54 Å². The number of hydrogen-bond donors (Lipinski definition) is 0. The van der Waals surface area contributed by atoms with Crippen molar-refractivity contribution in [1.29, 1.82) is 0 Å². The van der Waals surface area contributed by atoms with Gasteiger partial charge in [0, 0.05) is 6.54 Å². The van der Waals surface area contributed by atoms with E-state index in [9.17, 15) is 9.90 Å². The summed E-state index contributed by atoms with van der Waals surface area (Å²) in [5.74, 6) is 0.342. The Morgan fingerprint density at radius 1 is 1.12 bits per heavy atom. The lowest BCUT2D eigenvalue weighted by Gasteiger charge is -2.16. The van der Waals surface area contributed by atoms with E-state index in [-0.39, 0.29) is 5.69 Å². The Hall–Kier alpha value is -2.67. The monoisotopic (exact) mass is 346 g/mol. The molecule has 0 atom stereocenters. The van der Waals surface area contributed by atoms with Crippen molar-refractivity contribution in [3.05, 3.63) is 40.9 Å². The molecule has 0 aliphatic carbocycles. The number of carboxylic acids is 1. The van der Waals surface area contributed by atoms with Crippen LogP contribution in [0.5, 0.6) is 17.2 Å². The molecule has 1 aromatic carbocycles. The molecule has 0 bridgehead atoms. The number of carboxylic acid groups (broad SMARTS) is 1. The van der Waals surface area contributed by atoms with Crippen molar-refractivity contribution >= 4 is 27.5 Å². The molecule has 3 rings (SSSR count). The second-order valence-electron chi connectivity index (χ2n) is 5.11. The van der Waals surface area contributed by atoms with Crippen LogP contribution in [0, 0.1) is 0 Å². The lowest BCUT2D eigenvalue weighted by atomic mass is 10.1. The van der Waals surface area contributed by atoms with E-state index < -0.39 is 5.97 Å². The quantitative estimate of drug-likeness (QED) is 0.684. The van der Waals surface area contributed by atoms with Crippen LogP contribution in [0.3, 0.4) is 0 Å². The first-order valence-electron chi connectivity index (χ1n) is 7.16. The summed E-state index contributed by atoms with van der Waals surface area (Å²) in [6.45, 7) is 0.347. The molecule has 7 heteroatoms. The molecule has 0 aliphatic heterocycles. The van der Waals surface area contributed by atoms with Gasteiger partial charge in [0.15, 0.2) is 11.5 Å². The molecule has 3 aromatic rings. The van der Waals surface area contributed by atoms with E-state index in [1.807, 2.05) is 11.4 Å². The maximum Gasteiger partial charge on any atom is 0.203 e. The van der Waals surface area contributed by atoms with Gasteiger partial charge in [-0.15, -0.1) is 11.3 Å². The summed E-state index contributed by atoms with van der Waals surface area (Å²) in [5.41, 5.74) is 1.83. The summed E-state index contributed by atoms with van der Waals surface area (Å²) >= 11 is 1.49. The van der Waals surface area contributed by atoms with Crippen molar-refractivity contribution in [3.8, 4) is 17.2 Å². The van der Waals surface area contributed by atoms with Crippen LogP contribution in [0.4, 0.5) is 0 Å². The molecular formula is C17H16NO5S-. The van der Waals surface area contributed by atoms with Crippen molar-refractivity contribution in [3.63, 3.8) is 0 Å². The summed E-state index contributed by atoms with van der Waals surface area (Å²) < 4.78 is 18.6. The van der Waals surface area contributed by atoms with Gasteiger partial charge < -0.3 is 28.7 Å². The Bertz CT molecular complexity index is 871. The van der Waals surface area contributed by atoms with Gasteiger partial charge in [0.25, 0.3) is 0 Å². The van der Waals surface area contributed by atoms with Crippen LogP contribution in [0.25, 0.3) is 10.2 Å². The van der Waals surface area contributed by atoms with Gasteiger partial charge in [-0.25, -0.2) is 0 Å². The minimum absolute atomic E-state index is 0.144. The van der Waals surface area contributed by atoms with E-state index in [1.165, 1.54) is 18.4 Å². The first-order chi connectivity index (χ1) is 11.6. The van der Waals surface area contributed by atoms with Gasteiger partial charge in [-0.05, 0) is 35.2 Å². The molecule has 0 N–H and O–H groups in total. The highest BCUT2D eigenvalue weighted by molar-refractivity contribution is 7.17. The molecule has 0 saturated carbocycles. The molecule has 0 radical (unpaired) electrons. The molecule has 126 valence electrons. The lowest BCUT2D eigenvalue weighted by molar-refractivity contribution is -0.255. The zero-order valence-electron chi connectivity index (χ0n) is 13.5. The normalized spacial score (nSPS) is 10.8. The Balaban J connectivity index is 2.10. The first kappa shape index (κ1) is 16.2. The zero-order chi connectivity index (χ0) is 17.3. The SMILES string of the molecule is COc1cc(Cn2c(C(=O)[O-])cc3sccc32)cc(OC)c1OC. The second-order valence-corrected chi connectivity index (χ2v) is 6.05. The predicted molar refractivity (Wildman–Crippen MR) is 89.3 cm³/mol. The average Bonchev–Trinajstić information content (AvgIpc) is 3.16. The second kappa shape index (κ2) is 6.45. The highest BCUT2D eigenvalue weighted by Gasteiger charge is 2.16. The van der Waals surface area contributed by atoms with E-state index >= 15 is 0 Å². The summed E-state index contributed by atoms with van der Waals surface area (Å²) in [4.78, 5) is 11.4. The molecule has 0 saturated heterocycles. The average molecular weight is 346 g/mol. The van der Waals surface area contributed by atoms with Crippen LogP contribution >= 0.6 is 11.3 Å². The third-order valence-corrected chi connectivity index (χ3v) is 4.65. The molecule has 0 aliphatic rings.